The molecule has 0 atom stereocenters. The van der Waals surface area contributed by atoms with Crippen molar-refractivity contribution in [2.75, 3.05) is 33.3 Å². The zero-order chi connectivity index (χ0) is 19.9. The first-order chi connectivity index (χ1) is 12.8. The van der Waals surface area contributed by atoms with Crippen LogP contribution < -0.4 is 0 Å². The van der Waals surface area contributed by atoms with E-state index >= 15 is 0 Å². The summed E-state index contributed by atoms with van der Waals surface area (Å²) in [6, 6.07) is 8.10. The van der Waals surface area contributed by atoms with Crippen molar-refractivity contribution < 1.29 is 19.1 Å². The van der Waals surface area contributed by atoms with Gasteiger partial charge in [0.2, 0.25) is 0 Å². The van der Waals surface area contributed by atoms with E-state index in [1.54, 1.807) is 11.0 Å². The molecule has 1 aliphatic rings. The van der Waals surface area contributed by atoms with Crippen LogP contribution in [0, 0.1) is 0 Å². The maximum absolute atomic E-state index is 12.2. The molecule has 0 unspecified atom stereocenters. The molecule has 0 spiro atoms. The lowest BCUT2D eigenvalue weighted by atomic mass is 10.1. The Hall–Kier alpha value is -2.34. The van der Waals surface area contributed by atoms with E-state index in [-0.39, 0.29) is 12.1 Å². The lowest BCUT2D eigenvalue weighted by Gasteiger charge is -2.26. The summed E-state index contributed by atoms with van der Waals surface area (Å²) in [6.45, 7) is 9.67. The highest BCUT2D eigenvalue weighted by Crippen LogP contribution is 2.14. The Balaban J connectivity index is 1.87. The predicted molar refractivity (Wildman–Crippen MR) is 105 cm³/mol. The van der Waals surface area contributed by atoms with E-state index in [0.29, 0.717) is 6.54 Å². The van der Waals surface area contributed by atoms with Gasteiger partial charge >= 0.3 is 12.1 Å². The van der Waals surface area contributed by atoms with Gasteiger partial charge in [-0.2, -0.15) is 0 Å². The zero-order valence-corrected chi connectivity index (χ0v) is 16.7. The van der Waals surface area contributed by atoms with Crippen molar-refractivity contribution in [3.63, 3.8) is 0 Å². The second-order valence-corrected chi connectivity index (χ2v) is 7.70. The van der Waals surface area contributed by atoms with Crippen LogP contribution in [0.1, 0.15) is 38.3 Å². The number of nitrogens with zero attached hydrogens (tertiary/aromatic N) is 2. The van der Waals surface area contributed by atoms with Crippen molar-refractivity contribution in [3.05, 3.63) is 41.5 Å². The first-order valence-electron chi connectivity index (χ1n) is 9.32. The third-order valence-corrected chi connectivity index (χ3v) is 4.24. The van der Waals surface area contributed by atoms with Crippen LogP contribution in [0.3, 0.4) is 0 Å². The number of hydrogen-bond donors (Lipinski definition) is 0. The normalized spacial score (nSPS) is 16.2. The lowest BCUT2D eigenvalue weighted by molar-refractivity contribution is -0.134. The number of carbonyl (C=O) groups is 2. The number of hydrogen-bond acceptors (Lipinski definition) is 5. The van der Waals surface area contributed by atoms with Gasteiger partial charge in [0.15, 0.2) is 0 Å². The summed E-state index contributed by atoms with van der Waals surface area (Å²) in [5.41, 5.74) is 1.69. The average Bonchev–Trinajstić information content (AvgIpc) is 2.85. The van der Waals surface area contributed by atoms with Gasteiger partial charge in [0.05, 0.1) is 7.11 Å². The maximum atomic E-state index is 12.2. The number of amides is 1. The molecule has 1 aromatic rings. The quantitative estimate of drug-likeness (QED) is 0.598. The van der Waals surface area contributed by atoms with E-state index in [9.17, 15) is 9.59 Å². The maximum Gasteiger partial charge on any atom is 0.410 e. The average molecular weight is 374 g/mol. The highest BCUT2D eigenvalue weighted by atomic mass is 16.6. The number of rotatable bonds is 4. The summed E-state index contributed by atoms with van der Waals surface area (Å²) < 4.78 is 10.1. The number of benzene rings is 1. The fourth-order valence-corrected chi connectivity index (χ4v) is 2.86. The molecular weight excluding hydrogens is 344 g/mol. The summed E-state index contributed by atoms with van der Waals surface area (Å²) in [5, 5.41) is 0. The molecule has 0 aromatic heterocycles. The molecule has 0 bridgehead atoms. The molecule has 0 radical (unpaired) electrons. The summed E-state index contributed by atoms with van der Waals surface area (Å²) in [7, 11) is 1.36. The molecule has 1 amide bonds. The number of methoxy groups -OCH3 is 1. The topological polar surface area (TPSA) is 59.1 Å². The molecule has 6 heteroatoms. The summed E-state index contributed by atoms with van der Waals surface area (Å²) in [6.07, 6.45) is 3.85. The third-order valence-electron chi connectivity index (χ3n) is 4.24. The van der Waals surface area contributed by atoms with Crippen molar-refractivity contribution in [1.82, 2.24) is 9.80 Å². The van der Waals surface area contributed by atoms with Gasteiger partial charge in [-0.25, -0.2) is 9.59 Å². The third kappa shape index (κ3) is 7.43. The van der Waals surface area contributed by atoms with Gasteiger partial charge in [0.25, 0.3) is 0 Å². The molecule has 0 saturated carbocycles. The zero-order valence-electron chi connectivity index (χ0n) is 16.7. The fraction of sp³-hybridized carbons (Fsp3) is 0.524. The Kier molecular flexibility index (Phi) is 7.42. The minimum Gasteiger partial charge on any atom is -0.466 e. The van der Waals surface area contributed by atoms with Gasteiger partial charge in [-0.1, -0.05) is 24.3 Å². The standard InChI is InChI=1S/C21H30N2O4/c1-21(2,3)27-20(25)23-13-5-12-22(14-15-23)16-18-8-6-17(7-9-18)10-11-19(24)26-4/h6-11H,5,12-16H2,1-4H3. The number of ether oxygens (including phenoxy) is 2. The molecule has 1 aliphatic heterocycles. The van der Waals surface area contributed by atoms with Crippen LogP contribution in [-0.4, -0.2) is 60.8 Å². The second-order valence-electron chi connectivity index (χ2n) is 7.70. The predicted octanol–water partition coefficient (Wildman–Crippen LogP) is 3.32. The van der Waals surface area contributed by atoms with Crippen LogP contribution in [0.4, 0.5) is 4.79 Å². The molecule has 0 aliphatic carbocycles. The summed E-state index contributed by atoms with van der Waals surface area (Å²) in [4.78, 5) is 27.5. The van der Waals surface area contributed by atoms with Gasteiger partial charge in [0.1, 0.15) is 5.60 Å². The Morgan fingerprint density at radius 3 is 2.41 bits per heavy atom. The molecule has 2 rings (SSSR count). The highest BCUT2D eigenvalue weighted by Gasteiger charge is 2.24. The van der Waals surface area contributed by atoms with E-state index in [2.05, 4.69) is 21.8 Å². The Morgan fingerprint density at radius 2 is 1.78 bits per heavy atom. The minimum atomic E-state index is -0.465. The van der Waals surface area contributed by atoms with Crippen LogP contribution in [0.15, 0.2) is 30.3 Å². The molecule has 6 nitrogen and oxygen atoms in total. The van der Waals surface area contributed by atoms with Crippen molar-refractivity contribution in [1.29, 1.82) is 0 Å². The molecule has 148 valence electrons. The van der Waals surface area contributed by atoms with E-state index < -0.39 is 5.60 Å². The van der Waals surface area contributed by atoms with Gasteiger partial charge in [-0.15, -0.1) is 0 Å². The van der Waals surface area contributed by atoms with Crippen molar-refractivity contribution in [2.45, 2.75) is 39.3 Å². The Bertz CT molecular complexity index is 662. The van der Waals surface area contributed by atoms with E-state index in [4.69, 9.17) is 4.74 Å². The molecular formula is C21H30N2O4. The van der Waals surface area contributed by atoms with Crippen molar-refractivity contribution in [2.24, 2.45) is 0 Å². The van der Waals surface area contributed by atoms with Crippen molar-refractivity contribution >= 4 is 18.1 Å². The van der Waals surface area contributed by atoms with Crippen LogP contribution in [-0.2, 0) is 20.8 Å². The van der Waals surface area contributed by atoms with Gasteiger partial charge in [-0.05, 0) is 44.4 Å². The van der Waals surface area contributed by atoms with E-state index in [0.717, 1.165) is 38.2 Å². The SMILES string of the molecule is COC(=O)C=Cc1ccc(CN2CCCN(C(=O)OC(C)(C)C)CC2)cc1. The van der Waals surface area contributed by atoms with Crippen LogP contribution in [0.25, 0.3) is 6.08 Å². The van der Waals surface area contributed by atoms with Crippen LogP contribution in [0.5, 0.6) is 0 Å². The largest absolute Gasteiger partial charge is 0.466 e. The van der Waals surface area contributed by atoms with Crippen LogP contribution in [0.2, 0.25) is 0 Å². The molecule has 1 heterocycles. The van der Waals surface area contributed by atoms with Crippen LogP contribution >= 0.6 is 0 Å². The first-order valence-corrected chi connectivity index (χ1v) is 9.32. The van der Waals surface area contributed by atoms with E-state index in [1.165, 1.54) is 18.7 Å². The monoisotopic (exact) mass is 374 g/mol. The Labute approximate surface area is 161 Å². The van der Waals surface area contributed by atoms with Gasteiger partial charge < -0.3 is 14.4 Å². The molecule has 0 N–H and O–H groups in total. The number of esters is 1. The second kappa shape index (κ2) is 9.55. The fourth-order valence-electron chi connectivity index (χ4n) is 2.86. The molecule has 27 heavy (non-hydrogen) atoms. The van der Waals surface area contributed by atoms with E-state index in [1.807, 2.05) is 32.9 Å². The lowest BCUT2D eigenvalue weighted by Crippen LogP contribution is -2.39. The van der Waals surface area contributed by atoms with Gasteiger partial charge in [0, 0.05) is 38.8 Å². The summed E-state index contributed by atoms with van der Waals surface area (Å²) in [5.74, 6) is -0.363. The minimum absolute atomic E-state index is 0.230. The number of carbonyl (C=O) groups excluding carboxylic acids is 2. The molecule has 1 aromatic carbocycles. The molecule has 1 saturated heterocycles. The molecule has 1 fully saturated rings. The Morgan fingerprint density at radius 1 is 1.07 bits per heavy atom. The highest BCUT2D eigenvalue weighted by molar-refractivity contribution is 5.86. The van der Waals surface area contributed by atoms with Gasteiger partial charge in [-0.3, -0.25) is 4.90 Å². The first kappa shape index (κ1) is 21.0. The summed E-state index contributed by atoms with van der Waals surface area (Å²) >= 11 is 0. The van der Waals surface area contributed by atoms with Crippen molar-refractivity contribution in [3.8, 4) is 0 Å². The smallest absolute Gasteiger partial charge is 0.410 e.